The predicted molar refractivity (Wildman–Crippen MR) is 74.2 cm³/mol. The van der Waals surface area contributed by atoms with Gasteiger partial charge >= 0.3 is 0 Å². The first-order valence-electron chi connectivity index (χ1n) is 5.40. The summed E-state index contributed by atoms with van der Waals surface area (Å²) in [7, 11) is -3.44. The maximum atomic E-state index is 12.1. The number of halogens is 2. The minimum Gasteiger partial charge on any atom is -0.206 e. The van der Waals surface area contributed by atoms with E-state index in [9.17, 15) is 8.42 Å². The van der Waals surface area contributed by atoms with Crippen molar-refractivity contribution in [3.8, 4) is 0 Å². The summed E-state index contributed by atoms with van der Waals surface area (Å²) in [5.41, 5.74) is 0. The molecule has 1 aliphatic rings. The molecule has 3 nitrogen and oxygen atoms in total. The molecule has 2 rings (SSSR count). The molecule has 0 bridgehead atoms. The van der Waals surface area contributed by atoms with Crippen LogP contribution in [0.3, 0.4) is 0 Å². The van der Waals surface area contributed by atoms with Crippen LogP contribution in [0.15, 0.2) is 20.1 Å². The van der Waals surface area contributed by atoms with Crippen molar-refractivity contribution in [2.75, 3.05) is 0 Å². The lowest BCUT2D eigenvalue weighted by atomic mass is 9.96. The standard InChI is InChI=1S/C10H13BrClNO2S2/c11-7-5-6-16-10(7)17(14,15)13-9-4-2-1-3-8(9)12/h5-6,8-9,13H,1-4H2. The van der Waals surface area contributed by atoms with Crippen LogP contribution in [0.5, 0.6) is 0 Å². The Morgan fingerprint density at radius 1 is 1.41 bits per heavy atom. The van der Waals surface area contributed by atoms with Crippen LogP contribution in [0.1, 0.15) is 25.7 Å². The van der Waals surface area contributed by atoms with Gasteiger partial charge in [0.2, 0.25) is 0 Å². The molecule has 1 aromatic rings. The third-order valence-electron chi connectivity index (χ3n) is 2.82. The third-order valence-corrected chi connectivity index (χ3v) is 7.50. The van der Waals surface area contributed by atoms with E-state index in [4.69, 9.17) is 11.6 Å². The summed E-state index contributed by atoms with van der Waals surface area (Å²) in [5.74, 6) is 0. The van der Waals surface area contributed by atoms with E-state index in [1.807, 2.05) is 0 Å². The van der Waals surface area contributed by atoms with Gasteiger partial charge in [-0.1, -0.05) is 12.8 Å². The molecule has 1 heterocycles. The van der Waals surface area contributed by atoms with E-state index >= 15 is 0 Å². The average molecular weight is 359 g/mol. The summed E-state index contributed by atoms with van der Waals surface area (Å²) in [6, 6.07) is 1.59. The summed E-state index contributed by atoms with van der Waals surface area (Å²) >= 11 is 10.6. The molecule has 96 valence electrons. The van der Waals surface area contributed by atoms with Crippen molar-refractivity contribution in [1.29, 1.82) is 0 Å². The molecule has 17 heavy (non-hydrogen) atoms. The quantitative estimate of drug-likeness (QED) is 0.842. The molecule has 0 amide bonds. The maximum Gasteiger partial charge on any atom is 0.251 e. The predicted octanol–water partition coefficient (Wildman–Crippen LogP) is 3.34. The molecular formula is C10H13BrClNO2S2. The van der Waals surface area contributed by atoms with Crippen LogP contribution >= 0.6 is 38.9 Å². The number of hydrogen-bond acceptors (Lipinski definition) is 3. The fourth-order valence-electron chi connectivity index (χ4n) is 1.94. The number of alkyl halides is 1. The molecule has 7 heteroatoms. The van der Waals surface area contributed by atoms with Crippen molar-refractivity contribution in [3.05, 3.63) is 15.9 Å². The molecule has 0 saturated heterocycles. The van der Waals surface area contributed by atoms with Gasteiger partial charge in [0.15, 0.2) is 0 Å². The van der Waals surface area contributed by atoms with Crippen LogP contribution in [0, 0.1) is 0 Å². The normalized spacial score (nSPS) is 26.0. The summed E-state index contributed by atoms with van der Waals surface area (Å²) in [4.78, 5) is 0. The van der Waals surface area contributed by atoms with E-state index in [0.717, 1.165) is 25.7 Å². The third kappa shape index (κ3) is 3.23. The van der Waals surface area contributed by atoms with Gasteiger partial charge in [-0.3, -0.25) is 0 Å². The van der Waals surface area contributed by atoms with Gasteiger partial charge < -0.3 is 0 Å². The molecule has 0 spiro atoms. The van der Waals surface area contributed by atoms with Gasteiger partial charge in [-0.25, -0.2) is 13.1 Å². The number of sulfonamides is 1. The Morgan fingerprint density at radius 3 is 2.71 bits per heavy atom. The van der Waals surface area contributed by atoms with Crippen molar-refractivity contribution >= 4 is 48.9 Å². The second kappa shape index (κ2) is 5.57. The lowest BCUT2D eigenvalue weighted by molar-refractivity contribution is 0.418. The largest absolute Gasteiger partial charge is 0.251 e. The molecule has 1 aliphatic carbocycles. The molecule has 1 aromatic heterocycles. The fraction of sp³-hybridized carbons (Fsp3) is 0.600. The SMILES string of the molecule is O=S(=O)(NC1CCCCC1Cl)c1sccc1Br. The zero-order valence-corrected chi connectivity index (χ0v) is 13.0. The Balaban J connectivity index is 2.15. The van der Waals surface area contributed by atoms with Crippen LogP contribution in [-0.4, -0.2) is 19.8 Å². The van der Waals surface area contributed by atoms with Gasteiger partial charge in [-0.15, -0.1) is 22.9 Å². The molecule has 0 aliphatic heterocycles. The monoisotopic (exact) mass is 357 g/mol. The van der Waals surface area contributed by atoms with Crippen molar-refractivity contribution < 1.29 is 8.42 Å². The summed E-state index contributed by atoms with van der Waals surface area (Å²) in [6.45, 7) is 0. The first-order valence-corrected chi connectivity index (χ1v) is 8.99. The fourth-order valence-corrected chi connectivity index (χ4v) is 6.03. The molecule has 2 unspecified atom stereocenters. The first kappa shape index (κ1) is 13.8. The van der Waals surface area contributed by atoms with Crippen LogP contribution in [0.25, 0.3) is 0 Å². The Labute approximate surface area is 119 Å². The smallest absolute Gasteiger partial charge is 0.206 e. The van der Waals surface area contributed by atoms with Crippen molar-refractivity contribution in [1.82, 2.24) is 4.72 Å². The number of rotatable bonds is 3. The molecule has 2 atom stereocenters. The molecule has 1 saturated carbocycles. The lowest BCUT2D eigenvalue weighted by Gasteiger charge is -2.27. The van der Waals surface area contributed by atoms with E-state index in [1.165, 1.54) is 11.3 Å². The summed E-state index contributed by atoms with van der Waals surface area (Å²) in [6.07, 6.45) is 3.80. The van der Waals surface area contributed by atoms with Gasteiger partial charge in [-0.05, 0) is 40.2 Å². The van der Waals surface area contributed by atoms with E-state index in [2.05, 4.69) is 20.7 Å². The maximum absolute atomic E-state index is 12.1. The van der Waals surface area contributed by atoms with E-state index in [0.29, 0.717) is 8.68 Å². The Bertz CT molecular complexity index is 488. The minimum absolute atomic E-state index is 0.0998. The highest BCUT2D eigenvalue weighted by molar-refractivity contribution is 9.10. The first-order chi connectivity index (χ1) is 8.00. The van der Waals surface area contributed by atoms with Crippen LogP contribution < -0.4 is 4.72 Å². The summed E-state index contributed by atoms with van der Waals surface area (Å²) < 4.78 is 27.9. The van der Waals surface area contributed by atoms with Gasteiger partial charge in [0, 0.05) is 15.9 Å². The van der Waals surface area contributed by atoms with Gasteiger partial charge in [0.1, 0.15) is 4.21 Å². The summed E-state index contributed by atoms with van der Waals surface area (Å²) in [5, 5.41) is 1.65. The van der Waals surface area contributed by atoms with Crippen molar-refractivity contribution in [2.24, 2.45) is 0 Å². The number of thiophene rings is 1. The minimum atomic E-state index is -3.44. The molecule has 1 N–H and O–H groups in total. The van der Waals surface area contributed by atoms with Crippen molar-refractivity contribution in [2.45, 2.75) is 41.3 Å². The second-order valence-electron chi connectivity index (χ2n) is 4.08. The van der Waals surface area contributed by atoms with E-state index in [1.54, 1.807) is 11.4 Å². The zero-order chi connectivity index (χ0) is 12.5. The Morgan fingerprint density at radius 2 is 2.12 bits per heavy atom. The average Bonchev–Trinajstić information content (AvgIpc) is 2.68. The molecule has 0 radical (unpaired) electrons. The van der Waals surface area contributed by atoms with E-state index < -0.39 is 10.0 Å². The van der Waals surface area contributed by atoms with Crippen LogP contribution in [0.2, 0.25) is 0 Å². The Hall–Kier alpha value is 0.380. The van der Waals surface area contributed by atoms with Crippen LogP contribution in [-0.2, 0) is 10.0 Å². The highest BCUT2D eigenvalue weighted by Gasteiger charge is 2.29. The number of nitrogens with one attached hydrogen (secondary N) is 1. The highest BCUT2D eigenvalue weighted by Crippen LogP contribution is 2.30. The number of hydrogen-bond donors (Lipinski definition) is 1. The molecular weight excluding hydrogens is 346 g/mol. The van der Waals surface area contributed by atoms with Crippen molar-refractivity contribution in [3.63, 3.8) is 0 Å². The van der Waals surface area contributed by atoms with Gasteiger partial charge in [0.05, 0.1) is 0 Å². The van der Waals surface area contributed by atoms with Crippen LogP contribution in [0.4, 0.5) is 0 Å². The molecule has 1 fully saturated rings. The topological polar surface area (TPSA) is 46.2 Å². The molecule has 0 aromatic carbocycles. The highest BCUT2D eigenvalue weighted by atomic mass is 79.9. The second-order valence-corrected chi connectivity index (χ2v) is 8.32. The van der Waals surface area contributed by atoms with Gasteiger partial charge in [-0.2, -0.15) is 0 Å². The van der Waals surface area contributed by atoms with E-state index in [-0.39, 0.29) is 11.4 Å². The lowest BCUT2D eigenvalue weighted by Crippen LogP contribution is -2.42. The van der Waals surface area contributed by atoms with Gasteiger partial charge in [0.25, 0.3) is 10.0 Å². The Kier molecular flexibility index (Phi) is 4.52. The zero-order valence-electron chi connectivity index (χ0n) is 9.03.